The van der Waals surface area contributed by atoms with E-state index in [4.69, 9.17) is 4.74 Å². The number of aliphatic hydroxyl groups is 1. The van der Waals surface area contributed by atoms with Crippen LogP contribution in [0.4, 0.5) is 11.6 Å². The fourth-order valence-corrected chi connectivity index (χ4v) is 3.52. The Labute approximate surface area is 156 Å². The molecular formula is C18H23BrN4O2. The van der Waals surface area contributed by atoms with Gasteiger partial charge in [-0.15, -0.1) is 0 Å². The van der Waals surface area contributed by atoms with Gasteiger partial charge in [-0.1, -0.05) is 15.9 Å². The van der Waals surface area contributed by atoms with E-state index in [1.54, 1.807) is 13.4 Å². The molecule has 2 N–H and O–H groups in total. The highest BCUT2D eigenvalue weighted by Crippen LogP contribution is 2.25. The molecule has 1 unspecified atom stereocenters. The first-order chi connectivity index (χ1) is 12.2. The van der Waals surface area contributed by atoms with E-state index in [0.29, 0.717) is 12.5 Å². The van der Waals surface area contributed by atoms with Crippen molar-refractivity contribution in [3.05, 3.63) is 40.6 Å². The molecule has 2 aromatic rings. The number of aliphatic hydroxyl groups excluding tert-OH is 1. The number of methoxy groups -OCH3 is 1. The van der Waals surface area contributed by atoms with Crippen LogP contribution in [0, 0.1) is 5.92 Å². The van der Waals surface area contributed by atoms with Gasteiger partial charge in [0.1, 0.15) is 23.7 Å². The zero-order chi connectivity index (χ0) is 17.6. The molecule has 1 aliphatic rings. The predicted molar refractivity (Wildman–Crippen MR) is 102 cm³/mol. The monoisotopic (exact) mass is 406 g/mol. The van der Waals surface area contributed by atoms with Crippen molar-refractivity contribution in [1.82, 2.24) is 9.97 Å². The summed E-state index contributed by atoms with van der Waals surface area (Å²) in [4.78, 5) is 10.9. The van der Waals surface area contributed by atoms with Crippen LogP contribution in [-0.2, 0) is 6.54 Å². The maximum Gasteiger partial charge on any atom is 0.134 e. The van der Waals surface area contributed by atoms with Gasteiger partial charge in [-0.25, -0.2) is 9.97 Å². The lowest BCUT2D eigenvalue weighted by atomic mass is 9.99. The second kappa shape index (κ2) is 8.49. The van der Waals surface area contributed by atoms with E-state index in [0.717, 1.165) is 53.4 Å². The van der Waals surface area contributed by atoms with Gasteiger partial charge in [0, 0.05) is 42.3 Å². The van der Waals surface area contributed by atoms with Crippen molar-refractivity contribution in [3.8, 4) is 5.75 Å². The zero-order valence-corrected chi connectivity index (χ0v) is 15.9. The van der Waals surface area contributed by atoms with E-state index in [9.17, 15) is 5.11 Å². The molecule has 1 atom stereocenters. The van der Waals surface area contributed by atoms with Crippen molar-refractivity contribution < 1.29 is 9.84 Å². The van der Waals surface area contributed by atoms with Crippen LogP contribution in [0.2, 0.25) is 0 Å². The van der Waals surface area contributed by atoms with Gasteiger partial charge >= 0.3 is 0 Å². The Morgan fingerprint density at radius 3 is 3.04 bits per heavy atom. The number of nitrogens with one attached hydrogen (secondary N) is 1. The van der Waals surface area contributed by atoms with Crippen LogP contribution in [0.25, 0.3) is 0 Å². The lowest BCUT2D eigenvalue weighted by Crippen LogP contribution is -2.37. The number of piperidine rings is 1. The maximum atomic E-state index is 9.40. The Morgan fingerprint density at radius 1 is 1.36 bits per heavy atom. The van der Waals surface area contributed by atoms with Gasteiger partial charge in [-0.3, -0.25) is 0 Å². The van der Waals surface area contributed by atoms with Crippen LogP contribution in [0.15, 0.2) is 35.1 Å². The molecule has 1 fully saturated rings. The average Bonchev–Trinajstić information content (AvgIpc) is 2.67. The number of hydrogen-bond acceptors (Lipinski definition) is 6. The summed E-state index contributed by atoms with van der Waals surface area (Å²) in [7, 11) is 1.67. The van der Waals surface area contributed by atoms with Crippen molar-refractivity contribution in [2.75, 3.05) is 37.0 Å². The highest BCUT2D eigenvalue weighted by molar-refractivity contribution is 9.10. The molecule has 1 aliphatic heterocycles. The molecule has 0 spiro atoms. The number of hydrogen-bond donors (Lipinski definition) is 2. The van der Waals surface area contributed by atoms with Crippen molar-refractivity contribution >= 4 is 27.6 Å². The molecule has 6 nitrogen and oxygen atoms in total. The molecule has 0 amide bonds. The van der Waals surface area contributed by atoms with Gasteiger partial charge < -0.3 is 20.1 Å². The molecule has 0 bridgehead atoms. The van der Waals surface area contributed by atoms with Gasteiger partial charge in [0.15, 0.2) is 0 Å². The van der Waals surface area contributed by atoms with Gasteiger partial charge in [0.2, 0.25) is 0 Å². The summed E-state index contributed by atoms with van der Waals surface area (Å²) in [6.45, 7) is 2.65. The summed E-state index contributed by atoms with van der Waals surface area (Å²) in [5, 5.41) is 12.7. The number of rotatable bonds is 6. The molecule has 0 aliphatic carbocycles. The van der Waals surface area contributed by atoms with Crippen molar-refractivity contribution in [2.45, 2.75) is 19.4 Å². The molecular weight excluding hydrogens is 384 g/mol. The van der Waals surface area contributed by atoms with Crippen LogP contribution >= 0.6 is 15.9 Å². The molecule has 25 heavy (non-hydrogen) atoms. The van der Waals surface area contributed by atoms with E-state index in [-0.39, 0.29) is 6.61 Å². The number of nitrogens with zero attached hydrogens (tertiary/aromatic N) is 3. The molecule has 0 radical (unpaired) electrons. The standard InChI is InChI=1S/C18H23BrN4O2/c1-25-16-5-4-15(19)7-14(16)9-20-17-8-18(22-12-21-17)23-6-2-3-13(10-23)11-24/h4-5,7-8,12-13,24H,2-3,6,9-11H2,1H3,(H,20,21,22). The topological polar surface area (TPSA) is 70.5 Å². The minimum absolute atomic E-state index is 0.232. The highest BCUT2D eigenvalue weighted by atomic mass is 79.9. The van der Waals surface area contributed by atoms with Crippen molar-refractivity contribution in [1.29, 1.82) is 0 Å². The Balaban J connectivity index is 1.69. The number of halogens is 1. The van der Waals surface area contributed by atoms with Crippen molar-refractivity contribution in [3.63, 3.8) is 0 Å². The fraction of sp³-hybridized carbons (Fsp3) is 0.444. The van der Waals surface area contributed by atoms with E-state index in [1.807, 2.05) is 24.3 Å². The predicted octanol–water partition coefficient (Wildman–Crippen LogP) is 3.07. The summed E-state index contributed by atoms with van der Waals surface area (Å²) in [5.41, 5.74) is 1.05. The molecule has 1 saturated heterocycles. The Morgan fingerprint density at radius 2 is 2.24 bits per heavy atom. The third kappa shape index (κ3) is 4.61. The summed E-state index contributed by atoms with van der Waals surface area (Å²) < 4.78 is 6.42. The molecule has 2 heterocycles. The van der Waals surface area contributed by atoms with E-state index in [2.05, 4.69) is 36.1 Å². The lowest BCUT2D eigenvalue weighted by molar-refractivity contribution is 0.208. The molecule has 3 rings (SSSR count). The largest absolute Gasteiger partial charge is 0.496 e. The molecule has 0 saturated carbocycles. The van der Waals surface area contributed by atoms with Crippen LogP contribution < -0.4 is 15.0 Å². The molecule has 7 heteroatoms. The first-order valence-electron chi connectivity index (χ1n) is 8.43. The number of benzene rings is 1. The average molecular weight is 407 g/mol. The Bertz CT molecular complexity index is 713. The number of ether oxygens (including phenoxy) is 1. The molecule has 1 aromatic carbocycles. The molecule has 134 valence electrons. The van der Waals surface area contributed by atoms with E-state index in [1.165, 1.54) is 0 Å². The van der Waals surface area contributed by atoms with E-state index >= 15 is 0 Å². The van der Waals surface area contributed by atoms with Crippen molar-refractivity contribution in [2.24, 2.45) is 5.92 Å². The smallest absolute Gasteiger partial charge is 0.134 e. The van der Waals surface area contributed by atoms with Crippen LogP contribution in [0.1, 0.15) is 18.4 Å². The Kier molecular flexibility index (Phi) is 6.09. The normalized spacial score (nSPS) is 17.4. The summed E-state index contributed by atoms with van der Waals surface area (Å²) in [6.07, 6.45) is 3.73. The van der Waals surface area contributed by atoms with Crippen LogP contribution in [0.3, 0.4) is 0 Å². The summed E-state index contributed by atoms with van der Waals surface area (Å²) >= 11 is 3.49. The van der Waals surface area contributed by atoms with Gasteiger partial charge in [-0.2, -0.15) is 0 Å². The van der Waals surface area contributed by atoms with Crippen LogP contribution in [0.5, 0.6) is 5.75 Å². The first kappa shape index (κ1) is 17.9. The quantitative estimate of drug-likeness (QED) is 0.767. The maximum absolute atomic E-state index is 9.40. The summed E-state index contributed by atoms with van der Waals surface area (Å²) in [5.74, 6) is 2.84. The first-order valence-corrected chi connectivity index (χ1v) is 9.23. The fourth-order valence-electron chi connectivity index (χ4n) is 3.11. The highest BCUT2D eigenvalue weighted by Gasteiger charge is 2.20. The van der Waals surface area contributed by atoms with Gasteiger partial charge in [0.05, 0.1) is 7.11 Å². The van der Waals surface area contributed by atoms with E-state index < -0.39 is 0 Å². The SMILES string of the molecule is COc1ccc(Br)cc1CNc1cc(N2CCCC(CO)C2)ncn1. The third-order valence-electron chi connectivity index (χ3n) is 4.46. The second-order valence-electron chi connectivity index (χ2n) is 6.21. The third-order valence-corrected chi connectivity index (χ3v) is 4.95. The minimum atomic E-state index is 0.232. The van der Waals surface area contributed by atoms with Gasteiger partial charge in [0.25, 0.3) is 0 Å². The zero-order valence-electron chi connectivity index (χ0n) is 14.3. The summed E-state index contributed by atoms with van der Waals surface area (Å²) in [6, 6.07) is 7.89. The van der Waals surface area contributed by atoms with Gasteiger partial charge in [-0.05, 0) is 37.0 Å². The number of anilines is 2. The lowest BCUT2D eigenvalue weighted by Gasteiger charge is -2.32. The second-order valence-corrected chi connectivity index (χ2v) is 7.12. The number of aromatic nitrogens is 2. The minimum Gasteiger partial charge on any atom is -0.496 e. The Hall–Kier alpha value is -1.86. The van der Waals surface area contributed by atoms with Crippen LogP contribution in [-0.4, -0.2) is 41.9 Å². The molecule has 1 aromatic heterocycles.